The van der Waals surface area contributed by atoms with Gasteiger partial charge in [-0.2, -0.15) is 5.10 Å². The van der Waals surface area contributed by atoms with Crippen LogP contribution < -0.4 is 5.43 Å². The Labute approximate surface area is 77.5 Å². The maximum Gasteiger partial charge on any atom is 0.236 e. The minimum atomic E-state index is -0.149. The number of carbonyl (C=O) groups is 1. The molecule has 0 spiro atoms. The second-order valence-corrected chi connectivity index (χ2v) is 2.67. The zero-order valence-electron chi connectivity index (χ0n) is 7.53. The molecule has 0 unspecified atom stereocenters. The van der Waals surface area contributed by atoms with Crippen LogP contribution in [0.4, 0.5) is 0 Å². The summed E-state index contributed by atoms with van der Waals surface area (Å²) in [5, 5.41) is 3.74. The smallest absolute Gasteiger partial charge is 0.236 e. The lowest BCUT2D eigenvalue weighted by molar-refractivity contribution is -0.118. The molecule has 0 bridgehead atoms. The van der Waals surface area contributed by atoms with Gasteiger partial charge in [-0.05, 0) is 5.56 Å². The maximum atomic E-state index is 10.4. The summed E-state index contributed by atoms with van der Waals surface area (Å²) < 4.78 is 0. The van der Waals surface area contributed by atoms with E-state index in [-0.39, 0.29) is 5.91 Å². The number of carbonyl (C=O) groups excluding carboxylic acids is 1. The van der Waals surface area contributed by atoms with Gasteiger partial charge in [0.05, 0.1) is 0 Å². The van der Waals surface area contributed by atoms with Crippen molar-refractivity contribution in [2.75, 3.05) is 0 Å². The molecule has 0 saturated heterocycles. The fourth-order valence-corrected chi connectivity index (χ4v) is 0.902. The van der Waals surface area contributed by atoms with E-state index >= 15 is 0 Å². The van der Waals surface area contributed by atoms with Crippen LogP contribution in [0.5, 0.6) is 0 Å². The number of amides is 1. The third-order valence-electron chi connectivity index (χ3n) is 1.48. The van der Waals surface area contributed by atoms with Crippen molar-refractivity contribution in [3.63, 3.8) is 0 Å². The number of hydrogen-bond acceptors (Lipinski definition) is 2. The average Bonchev–Trinajstić information content (AvgIpc) is 2.14. The van der Waals surface area contributed by atoms with Gasteiger partial charge in [0.25, 0.3) is 0 Å². The molecule has 0 aromatic heterocycles. The highest BCUT2D eigenvalue weighted by molar-refractivity contribution is 5.74. The summed E-state index contributed by atoms with van der Waals surface area (Å²) in [5.74, 6) is -0.149. The minimum absolute atomic E-state index is 0.149. The fourth-order valence-electron chi connectivity index (χ4n) is 0.902. The first-order valence-electron chi connectivity index (χ1n) is 4.11. The van der Waals surface area contributed by atoms with E-state index in [0.29, 0.717) is 0 Å². The van der Waals surface area contributed by atoms with E-state index in [2.05, 4.69) is 10.5 Å². The zero-order chi connectivity index (χ0) is 9.52. The van der Waals surface area contributed by atoms with Crippen molar-refractivity contribution in [1.82, 2.24) is 5.43 Å². The van der Waals surface area contributed by atoms with Crippen LogP contribution in [0.25, 0.3) is 0 Å². The molecule has 0 saturated carbocycles. The van der Waals surface area contributed by atoms with Gasteiger partial charge in [-0.25, -0.2) is 5.43 Å². The summed E-state index contributed by atoms with van der Waals surface area (Å²) in [7, 11) is 0. The first-order chi connectivity index (χ1) is 6.29. The second kappa shape index (κ2) is 5.09. The number of nitrogens with one attached hydrogen (secondary N) is 1. The Hall–Kier alpha value is -1.64. The first-order valence-corrected chi connectivity index (χ1v) is 4.11. The predicted octanol–water partition coefficient (Wildman–Crippen LogP) is 1.35. The Kier molecular flexibility index (Phi) is 3.70. The topological polar surface area (TPSA) is 41.5 Å². The first kappa shape index (κ1) is 9.45. The highest BCUT2D eigenvalue weighted by Gasteiger charge is 1.86. The Morgan fingerprint density at radius 1 is 1.46 bits per heavy atom. The lowest BCUT2D eigenvalue weighted by Gasteiger charge is -1.94. The molecule has 0 fully saturated rings. The molecule has 0 atom stereocenters. The summed E-state index contributed by atoms with van der Waals surface area (Å²) in [6.07, 6.45) is 2.41. The average molecular weight is 176 g/mol. The van der Waals surface area contributed by atoms with Crippen molar-refractivity contribution in [2.45, 2.75) is 13.3 Å². The molecular weight excluding hydrogens is 164 g/mol. The summed E-state index contributed by atoms with van der Waals surface area (Å²) >= 11 is 0. The van der Waals surface area contributed by atoms with Gasteiger partial charge < -0.3 is 0 Å². The van der Waals surface area contributed by atoms with Crippen molar-refractivity contribution < 1.29 is 4.79 Å². The fraction of sp³-hybridized carbons (Fsp3) is 0.200. The highest BCUT2D eigenvalue weighted by atomic mass is 16.2. The molecule has 3 heteroatoms. The van der Waals surface area contributed by atoms with Gasteiger partial charge in [0, 0.05) is 19.6 Å². The second-order valence-electron chi connectivity index (χ2n) is 2.67. The maximum absolute atomic E-state index is 10.4. The van der Waals surface area contributed by atoms with E-state index in [1.807, 2.05) is 30.3 Å². The summed E-state index contributed by atoms with van der Waals surface area (Å²) in [5.41, 5.74) is 3.52. The Bertz CT molecular complexity index is 293. The number of hydrazone groups is 1. The number of hydrogen-bond donors (Lipinski definition) is 1. The molecule has 0 radical (unpaired) electrons. The van der Waals surface area contributed by atoms with Crippen LogP contribution in [0.2, 0.25) is 0 Å². The van der Waals surface area contributed by atoms with Gasteiger partial charge >= 0.3 is 0 Å². The molecule has 3 nitrogen and oxygen atoms in total. The molecule has 68 valence electrons. The van der Waals surface area contributed by atoms with Gasteiger partial charge in [-0.15, -0.1) is 0 Å². The lowest BCUT2D eigenvalue weighted by atomic mass is 10.2. The molecule has 13 heavy (non-hydrogen) atoms. The Morgan fingerprint density at radius 2 is 2.15 bits per heavy atom. The molecule has 0 aliphatic heterocycles. The van der Waals surface area contributed by atoms with Crippen molar-refractivity contribution in [3.05, 3.63) is 35.9 Å². The van der Waals surface area contributed by atoms with Crippen LogP contribution >= 0.6 is 0 Å². The van der Waals surface area contributed by atoms with Crippen molar-refractivity contribution in [1.29, 1.82) is 0 Å². The molecule has 0 aliphatic rings. The van der Waals surface area contributed by atoms with Crippen LogP contribution in [0, 0.1) is 0 Å². The summed E-state index contributed by atoms with van der Waals surface area (Å²) in [4.78, 5) is 10.4. The number of nitrogens with zero attached hydrogens (tertiary/aromatic N) is 1. The minimum Gasteiger partial charge on any atom is -0.274 e. The van der Waals surface area contributed by atoms with E-state index in [9.17, 15) is 4.79 Å². The molecule has 0 aliphatic carbocycles. The molecular formula is C10H12N2O. The molecule has 1 aromatic rings. The monoisotopic (exact) mass is 176 g/mol. The molecule has 0 heterocycles. The molecule has 1 N–H and O–H groups in total. The van der Waals surface area contributed by atoms with Gasteiger partial charge in [0.15, 0.2) is 0 Å². The Balaban J connectivity index is 2.35. The Morgan fingerprint density at radius 3 is 2.77 bits per heavy atom. The van der Waals surface area contributed by atoms with Crippen molar-refractivity contribution in [3.8, 4) is 0 Å². The lowest BCUT2D eigenvalue weighted by Crippen LogP contribution is -2.12. The van der Waals surface area contributed by atoms with Crippen molar-refractivity contribution >= 4 is 12.1 Å². The van der Waals surface area contributed by atoms with Crippen LogP contribution in [0.1, 0.15) is 12.5 Å². The van der Waals surface area contributed by atoms with Gasteiger partial charge in [0.2, 0.25) is 5.91 Å². The van der Waals surface area contributed by atoms with E-state index in [4.69, 9.17) is 0 Å². The summed E-state index contributed by atoms with van der Waals surface area (Å²) in [6, 6.07) is 9.94. The largest absolute Gasteiger partial charge is 0.274 e. The SMILES string of the molecule is CC(=O)NN=CCc1ccccc1. The third-order valence-corrected chi connectivity index (χ3v) is 1.48. The third kappa shape index (κ3) is 4.06. The molecule has 1 rings (SSSR count). The quantitative estimate of drug-likeness (QED) is 0.548. The van der Waals surface area contributed by atoms with E-state index in [0.717, 1.165) is 6.42 Å². The van der Waals surface area contributed by atoms with Gasteiger partial charge in [-0.3, -0.25) is 4.79 Å². The van der Waals surface area contributed by atoms with Gasteiger partial charge in [-0.1, -0.05) is 30.3 Å². The van der Waals surface area contributed by atoms with E-state index < -0.39 is 0 Å². The van der Waals surface area contributed by atoms with Crippen LogP contribution in [0.15, 0.2) is 35.4 Å². The van der Waals surface area contributed by atoms with E-state index in [1.54, 1.807) is 6.21 Å². The highest BCUT2D eigenvalue weighted by Crippen LogP contribution is 1.96. The van der Waals surface area contributed by atoms with Crippen LogP contribution in [-0.4, -0.2) is 12.1 Å². The van der Waals surface area contributed by atoms with Crippen LogP contribution in [-0.2, 0) is 11.2 Å². The standard InChI is InChI=1S/C10H12N2O/c1-9(13)12-11-8-7-10-5-3-2-4-6-10/h2-6,8H,7H2,1H3,(H,12,13). The zero-order valence-corrected chi connectivity index (χ0v) is 7.53. The van der Waals surface area contributed by atoms with Crippen LogP contribution in [0.3, 0.4) is 0 Å². The number of benzene rings is 1. The molecule has 1 aromatic carbocycles. The van der Waals surface area contributed by atoms with Gasteiger partial charge in [0.1, 0.15) is 0 Å². The normalized spacial score (nSPS) is 10.2. The number of rotatable bonds is 3. The molecule has 1 amide bonds. The van der Waals surface area contributed by atoms with E-state index in [1.165, 1.54) is 12.5 Å². The summed E-state index contributed by atoms with van der Waals surface area (Å²) in [6.45, 7) is 1.43. The van der Waals surface area contributed by atoms with Crippen molar-refractivity contribution in [2.24, 2.45) is 5.10 Å². The predicted molar refractivity (Wildman–Crippen MR) is 52.5 cm³/mol.